The van der Waals surface area contributed by atoms with Gasteiger partial charge in [0.2, 0.25) is 0 Å². The molecule has 4 heteroatoms. The Morgan fingerprint density at radius 1 is 1.26 bits per heavy atom. The summed E-state index contributed by atoms with van der Waals surface area (Å²) in [5.41, 5.74) is 1.92. The fraction of sp³-hybridized carbons (Fsp3) is 0.333. The van der Waals surface area contributed by atoms with Gasteiger partial charge in [0, 0.05) is 0 Å². The summed E-state index contributed by atoms with van der Waals surface area (Å²) in [7, 11) is 0. The Bertz CT molecular complexity index is 579. The Balaban J connectivity index is 1.87. The number of aryl methyl sites for hydroxylation is 2. The summed E-state index contributed by atoms with van der Waals surface area (Å²) in [6.45, 7) is 4.37. The van der Waals surface area contributed by atoms with Crippen LogP contribution in [0.4, 0.5) is 0 Å². The molecule has 0 aliphatic carbocycles. The second kappa shape index (κ2) is 6.05. The van der Waals surface area contributed by atoms with Gasteiger partial charge in [0.25, 0.3) is 0 Å². The van der Waals surface area contributed by atoms with Crippen molar-refractivity contribution in [2.45, 2.75) is 26.7 Å². The van der Waals surface area contributed by atoms with Crippen LogP contribution in [0.15, 0.2) is 28.7 Å². The Labute approximate surface area is 112 Å². The SMILES string of the molecule is Cc1ccc(OCCc2nc(CC#N)c(C)o2)cc1. The molecule has 0 aliphatic heterocycles. The number of nitriles is 1. The Hall–Kier alpha value is -2.28. The van der Waals surface area contributed by atoms with Gasteiger partial charge in [-0.2, -0.15) is 5.26 Å². The normalized spacial score (nSPS) is 10.2. The topological polar surface area (TPSA) is 59.0 Å². The van der Waals surface area contributed by atoms with E-state index in [-0.39, 0.29) is 6.42 Å². The lowest BCUT2D eigenvalue weighted by Crippen LogP contribution is -2.01. The summed E-state index contributed by atoms with van der Waals surface area (Å²) >= 11 is 0. The second-order valence-corrected chi connectivity index (χ2v) is 4.36. The van der Waals surface area contributed by atoms with Crippen LogP contribution in [0, 0.1) is 25.2 Å². The predicted octanol–water partition coefficient (Wildman–Crippen LogP) is 2.98. The van der Waals surface area contributed by atoms with Gasteiger partial charge >= 0.3 is 0 Å². The number of oxazole rings is 1. The van der Waals surface area contributed by atoms with Crippen molar-refractivity contribution in [3.8, 4) is 11.8 Å². The summed E-state index contributed by atoms with van der Waals surface area (Å²) in [4.78, 5) is 4.28. The molecule has 4 nitrogen and oxygen atoms in total. The summed E-state index contributed by atoms with van der Waals surface area (Å²) in [5.74, 6) is 2.17. The van der Waals surface area contributed by atoms with Crippen molar-refractivity contribution >= 4 is 0 Å². The molecule has 1 aromatic carbocycles. The van der Waals surface area contributed by atoms with Gasteiger partial charge in [0.15, 0.2) is 5.89 Å². The molecule has 98 valence electrons. The first-order chi connectivity index (χ1) is 9.19. The monoisotopic (exact) mass is 256 g/mol. The van der Waals surface area contributed by atoms with E-state index in [0.717, 1.165) is 5.75 Å². The molecule has 0 saturated carbocycles. The number of rotatable bonds is 5. The standard InChI is InChI=1S/C15H16N2O2/c1-11-3-5-13(6-4-11)18-10-8-15-17-14(7-9-16)12(2)19-15/h3-6H,7-8,10H2,1-2H3. The van der Waals surface area contributed by atoms with Crippen molar-refractivity contribution < 1.29 is 9.15 Å². The number of aromatic nitrogens is 1. The average Bonchev–Trinajstić information content (AvgIpc) is 2.73. The molecule has 0 spiro atoms. The van der Waals surface area contributed by atoms with E-state index in [1.54, 1.807) is 0 Å². The highest BCUT2D eigenvalue weighted by Gasteiger charge is 2.08. The molecule has 0 unspecified atom stereocenters. The van der Waals surface area contributed by atoms with E-state index < -0.39 is 0 Å². The molecule has 0 bridgehead atoms. The summed E-state index contributed by atoms with van der Waals surface area (Å²) in [6, 6.07) is 9.97. The zero-order valence-corrected chi connectivity index (χ0v) is 11.1. The van der Waals surface area contributed by atoms with Crippen molar-refractivity contribution in [3.05, 3.63) is 47.2 Å². The number of hydrogen-bond acceptors (Lipinski definition) is 4. The van der Waals surface area contributed by atoms with Gasteiger partial charge in [-0.25, -0.2) is 4.98 Å². The molecule has 1 aromatic heterocycles. The van der Waals surface area contributed by atoms with E-state index in [0.29, 0.717) is 30.4 Å². The molecule has 19 heavy (non-hydrogen) atoms. The van der Waals surface area contributed by atoms with Gasteiger partial charge in [-0.05, 0) is 26.0 Å². The minimum Gasteiger partial charge on any atom is -0.493 e. The lowest BCUT2D eigenvalue weighted by atomic mass is 10.2. The molecule has 0 saturated heterocycles. The highest BCUT2D eigenvalue weighted by molar-refractivity contribution is 5.26. The maximum atomic E-state index is 8.64. The van der Waals surface area contributed by atoms with Gasteiger partial charge < -0.3 is 9.15 Å². The largest absolute Gasteiger partial charge is 0.493 e. The van der Waals surface area contributed by atoms with Crippen LogP contribution in [0.1, 0.15) is 22.9 Å². The van der Waals surface area contributed by atoms with Gasteiger partial charge in [0.1, 0.15) is 11.5 Å². The number of ether oxygens (including phenoxy) is 1. The molecule has 2 aromatic rings. The third kappa shape index (κ3) is 3.59. The van der Waals surface area contributed by atoms with E-state index in [9.17, 15) is 0 Å². The van der Waals surface area contributed by atoms with E-state index in [1.807, 2.05) is 38.1 Å². The molecular formula is C15H16N2O2. The Kier molecular flexibility index (Phi) is 4.19. The average molecular weight is 256 g/mol. The highest BCUT2D eigenvalue weighted by atomic mass is 16.5. The van der Waals surface area contributed by atoms with Crippen LogP contribution in [-0.4, -0.2) is 11.6 Å². The van der Waals surface area contributed by atoms with Crippen LogP contribution in [-0.2, 0) is 12.8 Å². The molecule has 0 amide bonds. The number of benzene rings is 1. The van der Waals surface area contributed by atoms with Crippen LogP contribution in [0.25, 0.3) is 0 Å². The summed E-state index contributed by atoms with van der Waals surface area (Å²) < 4.78 is 11.1. The lowest BCUT2D eigenvalue weighted by molar-refractivity contribution is 0.304. The maximum absolute atomic E-state index is 8.64. The van der Waals surface area contributed by atoms with Gasteiger partial charge in [-0.1, -0.05) is 17.7 Å². The fourth-order valence-electron chi connectivity index (χ4n) is 1.72. The van der Waals surface area contributed by atoms with Crippen molar-refractivity contribution in [3.63, 3.8) is 0 Å². The first-order valence-electron chi connectivity index (χ1n) is 6.20. The van der Waals surface area contributed by atoms with Crippen LogP contribution in [0.2, 0.25) is 0 Å². The van der Waals surface area contributed by atoms with Gasteiger partial charge in [0.05, 0.1) is 31.2 Å². The molecule has 1 heterocycles. The van der Waals surface area contributed by atoms with Crippen LogP contribution < -0.4 is 4.74 Å². The lowest BCUT2D eigenvalue weighted by Gasteiger charge is -2.04. The molecule has 0 atom stereocenters. The van der Waals surface area contributed by atoms with Crippen LogP contribution >= 0.6 is 0 Å². The van der Waals surface area contributed by atoms with Crippen molar-refractivity contribution in [2.24, 2.45) is 0 Å². The molecule has 0 radical (unpaired) electrons. The highest BCUT2D eigenvalue weighted by Crippen LogP contribution is 2.13. The van der Waals surface area contributed by atoms with Gasteiger partial charge in [-0.3, -0.25) is 0 Å². The molecule has 2 rings (SSSR count). The predicted molar refractivity (Wildman–Crippen MR) is 70.9 cm³/mol. The minimum atomic E-state index is 0.286. The number of nitrogens with zero attached hydrogens (tertiary/aromatic N) is 2. The summed E-state index contributed by atoms with van der Waals surface area (Å²) in [6.07, 6.45) is 0.883. The van der Waals surface area contributed by atoms with Crippen molar-refractivity contribution in [2.75, 3.05) is 6.61 Å². The molecule has 0 fully saturated rings. The minimum absolute atomic E-state index is 0.286. The fourth-order valence-corrected chi connectivity index (χ4v) is 1.72. The quantitative estimate of drug-likeness (QED) is 0.825. The molecular weight excluding hydrogens is 240 g/mol. The van der Waals surface area contributed by atoms with Crippen molar-refractivity contribution in [1.82, 2.24) is 4.98 Å². The van der Waals surface area contributed by atoms with E-state index in [1.165, 1.54) is 5.56 Å². The van der Waals surface area contributed by atoms with Crippen molar-refractivity contribution in [1.29, 1.82) is 5.26 Å². The van der Waals surface area contributed by atoms with E-state index in [4.69, 9.17) is 14.4 Å². The maximum Gasteiger partial charge on any atom is 0.198 e. The van der Waals surface area contributed by atoms with E-state index >= 15 is 0 Å². The van der Waals surface area contributed by atoms with Crippen LogP contribution in [0.5, 0.6) is 5.75 Å². The first kappa shape index (κ1) is 13.2. The van der Waals surface area contributed by atoms with Crippen LogP contribution in [0.3, 0.4) is 0 Å². The van der Waals surface area contributed by atoms with E-state index in [2.05, 4.69) is 11.1 Å². The van der Waals surface area contributed by atoms with Gasteiger partial charge in [-0.15, -0.1) is 0 Å². The Morgan fingerprint density at radius 3 is 2.68 bits per heavy atom. The molecule has 0 N–H and O–H groups in total. The first-order valence-corrected chi connectivity index (χ1v) is 6.20. The number of hydrogen-bond donors (Lipinski definition) is 0. The Morgan fingerprint density at radius 2 is 2.00 bits per heavy atom. The zero-order valence-electron chi connectivity index (χ0n) is 11.1. The third-order valence-corrected chi connectivity index (χ3v) is 2.79. The zero-order chi connectivity index (χ0) is 13.7. The molecule has 0 aliphatic rings. The summed E-state index contributed by atoms with van der Waals surface area (Å²) in [5, 5.41) is 8.64. The third-order valence-electron chi connectivity index (χ3n) is 2.79. The second-order valence-electron chi connectivity index (χ2n) is 4.36. The smallest absolute Gasteiger partial charge is 0.198 e.